The van der Waals surface area contributed by atoms with Crippen LogP contribution in [0.4, 0.5) is 11.5 Å². The van der Waals surface area contributed by atoms with Gasteiger partial charge in [0.25, 0.3) is 5.91 Å². The van der Waals surface area contributed by atoms with Gasteiger partial charge in [-0.2, -0.15) is 0 Å². The molecule has 0 unspecified atom stereocenters. The monoisotopic (exact) mass is 295 g/mol. The molecule has 6 heteroatoms. The minimum absolute atomic E-state index is 0.298. The number of anilines is 2. The van der Waals surface area contributed by atoms with Gasteiger partial charge in [0, 0.05) is 5.02 Å². The first-order chi connectivity index (χ1) is 8.97. The summed E-state index contributed by atoms with van der Waals surface area (Å²) in [6.07, 6.45) is 1.47. The maximum Gasteiger partial charge on any atom is 0.258 e. The third-order valence-corrected chi connectivity index (χ3v) is 3.07. The van der Waals surface area contributed by atoms with Crippen LogP contribution in [0.1, 0.15) is 15.9 Å². The van der Waals surface area contributed by atoms with Crippen LogP contribution >= 0.6 is 23.2 Å². The van der Waals surface area contributed by atoms with Crippen LogP contribution in [0.5, 0.6) is 0 Å². The number of aryl methyl sites for hydroxylation is 1. The second kappa shape index (κ2) is 5.47. The highest BCUT2D eigenvalue weighted by molar-refractivity contribution is 6.36. The predicted molar refractivity (Wildman–Crippen MR) is 77.8 cm³/mol. The molecule has 1 amide bonds. The molecule has 3 N–H and O–H groups in total. The van der Waals surface area contributed by atoms with Gasteiger partial charge in [-0.3, -0.25) is 4.79 Å². The number of nitrogen functional groups attached to an aromatic ring is 1. The number of nitrogens with zero attached hydrogens (tertiary/aromatic N) is 1. The number of hydrogen-bond acceptors (Lipinski definition) is 3. The van der Waals surface area contributed by atoms with E-state index in [9.17, 15) is 4.79 Å². The van der Waals surface area contributed by atoms with Gasteiger partial charge in [-0.15, -0.1) is 0 Å². The molecular formula is C13H11Cl2N3O. The van der Waals surface area contributed by atoms with Gasteiger partial charge in [0.2, 0.25) is 0 Å². The molecule has 0 aliphatic rings. The highest BCUT2D eigenvalue weighted by Gasteiger charge is 2.13. The van der Waals surface area contributed by atoms with Crippen LogP contribution in [0.2, 0.25) is 10.0 Å². The molecule has 1 heterocycles. The minimum atomic E-state index is -0.368. The molecule has 2 aromatic rings. The van der Waals surface area contributed by atoms with Crippen molar-refractivity contribution in [3.63, 3.8) is 0 Å². The number of rotatable bonds is 2. The molecule has 4 nitrogen and oxygen atoms in total. The molecule has 0 aliphatic carbocycles. The van der Waals surface area contributed by atoms with Crippen LogP contribution in [0.25, 0.3) is 0 Å². The summed E-state index contributed by atoms with van der Waals surface area (Å²) in [6.45, 7) is 1.80. The summed E-state index contributed by atoms with van der Waals surface area (Å²) in [6, 6.07) is 6.42. The molecule has 19 heavy (non-hydrogen) atoms. The van der Waals surface area contributed by atoms with Crippen LogP contribution in [0, 0.1) is 6.92 Å². The number of hydrogen-bond donors (Lipinski definition) is 2. The van der Waals surface area contributed by atoms with Crippen molar-refractivity contribution < 1.29 is 4.79 Å². The zero-order chi connectivity index (χ0) is 14.0. The lowest BCUT2D eigenvalue weighted by molar-refractivity contribution is 0.102. The maximum atomic E-state index is 12.1. The van der Waals surface area contributed by atoms with Crippen LogP contribution < -0.4 is 11.1 Å². The van der Waals surface area contributed by atoms with Crippen molar-refractivity contribution in [3.8, 4) is 0 Å². The SMILES string of the molecule is Cc1cc(N)cnc1NC(=O)c1cc(Cl)ccc1Cl. The van der Waals surface area contributed by atoms with Crippen molar-refractivity contribution in [1.29, 1.82) is 0 Å². The Kier molecular flexibility index (Phi) is 3.93. The minimum Gasteiger partial charge on any atom is -0.397 e. The number of carbonyl (C=O) groups excluding carboxylic acids is 1. The Morgan fingerprint density at radius 3 is 2.74 bits per heavy atom. The van der Waals surface area contributed by atoms with Crippen molar-refractivity contribution in [3.05, 3.63) is 51.6 Å². The van der Waals surface area contributed by atoms with E-state index in [2.05, 4.69) is 10.3 Å². The molecular weight excluding hydrogens is 285 g/mol. The van der Waals surface area contributed by atoms with E-state index in [0.29, 0.717) is 27.1 Å². The summed E-state index contributed by atoms with van der Waals surface area (Å²) < 4.78 is 0. The van der Waals surface area contributed by atoms with Crippen LogP contribution in [0.3, 0.4) is 0 Å². The topological polar surface area (TPSA) is 68.0 Å². The largest absolute Gasteiger partial charge is 0.397 e. The van der Waals surface area contributed by atoms with Crippen LogP contribution in [0.15, 0.2) is 30.5 Å². The molecule has 0 radical (unpaired) electrons. The van der Waals surface area contributed by atoms with Gasteiger partial charge >= 0.3 is 0 Å². The fourth-order valence-corrected chi connectivity index (χ4v) is 1.95. The molecule has 2 rings (SSSR count). The molecule has 98 valence electrons. The Labute approximate surface area is 120 Å². The van der Waals surface area contributed by atoms with E-state index in [-0.39, 0.29) is 5.91 Å². The summed E-state index contributed by atoms with van der Waals surface area (Å²) >= 11 is 11.8. The number of nitrogens with two attached hydrogens (primary N) is 1. The third-order valence-electron chi connectivity index (χ3n) is 2.50. The lowest BCUT2D eigenvalue weighted by Crippen LogP contribution is -2.14. The molecule has 1 aromatic carbocycles. The first kappa shape index (κ1) is 13.6. The Hall–Kier alpha value is -1.78. The average Bonchev–Trinajstić information content (AvgIpc) is 2.35. The molecule has 0 saturated carbocycles. The number of pyridine rings is 1. The smallest absolute Gasteiger partial charge is 0.258 e. The zero-order valence-electron chi connectivity index (χ0n) is 10.1. The second-order valence-electron chi connectivity index (χ2n) is 4.01. The summed E-state index contributed by atoms with van der Waals surface area (Å²) in [5.41, 5.74) is 7.21. The van der Waals surface area contributed by atoms with E-state index in [0.717, 1.165) is 5.56 Å². The van der Waals surface area contributed by atoms with E-state index in [1.165, 1.54) is 12.3 Å². The zero-order valence-corrected chi connectivity index (χ0v) is 11.6. The number of nitrogens with one attached hydrogen (secondary N) is 1. The number of amides is 1. The quantitative estimate of drug-likeness (QED) is 0.890. The van der Waals surface area contributed by atoms with Gasteiger partial charge in [-0.05, 0) is 36.8 Å². The van der Waals surface area contributed by atoms with Crippen molar-refractivity contribution in [2.75, 3.05) is 11.1 Å². The van der Waals surface area contributed by atoms with E-state index in [4.69, 9.17) is 28.9 Å². The molecule has 0 spiro atoms. The Balaban J connectivity index is 2.28. The highest BCUT2D eigenvalue weighted by atomic mass is 35.5. The Morgan fingerprint density at radius 2 is 2.05 bits per heavy atom. The van der Waals surface area contributed by atoms with Crippen molar-refractivity contribution >= 4 is 40.6 Å². The number of carbonyl (C=O) groups is 1. The average molecular weight is 296 g/mol. The summed E-state index contributed by atoms with van der Waals surface area (Å²) in [5, 5.41) is 3.44. The summed E-state index contributed by atoms with van der Waals surface area (Å²) in [7, 11) is 0. The van der Waals surface area contributed by atoms with E-state index in [1.807, 2.05) is 0 Å². The van der Waals surface area contributed by atoms with E-state index >= 15 is 0 Å². The number of halogens is 2. The summed E-state index contributed by atoms with van der Waals surface area (Å²) in [5.74, 6) is 0.0723. The van der Waals surface area contributed by atoms with Gasteiger partial charge < -0.3 is 11.1 Å². The van der Waals surface area contributed by atoms with Crippen molar-refractivity contribution in [2.24, 2.45) is 0 Å². The number of aromatic nitrogens is 1. The first-order valence-electron chi connectivity index (χ1n) is 5.46. The fraction of sp³-hybridized carbons (Fsp3) is 0.0769. The Morgan fingerprint density at radius 1 is 1.32 bits per heavy atom. The normalized spacial score (nSPS) is 10.3. The molecule has 0 saturated heterocycles. The van der Waals surface area contributed by atoms with Gasteiger partial charge in [-0.1, -0.05) is 23.2 Å². The van der Waals surface area contributed by atoms with E-state index < -0.39 is 0 Å². The van der Waals surface area contributed by atoms with Crippen molar-refractivity contribution in [1.82, 2.24) is 4.98 Å². The van der Waals surface area contributed by atoms with Gasteiger partial charge in [0.05, 0.1) is 22.5 Å². The van der Waals surface area contributed by atoms with Crippen LogP contribution in [-0.2, 0) is 0 Å². The molecule has 0 atom stereocenters. The molecule has 0 fully saturated rings. The van der Waals surface area contributed by atoms with Gasteiger partial charge in [0.15, 0.2) is 0 Å². The molecule has 0 aliphatic heterocycles. The van der Waals surface area contributed by atoms with Crippen LogP contribution in [-0.4, -0.2) is 10.9 Å². The number of benzene rings is 1. The van der Waals surface area contributed by atoms with E-state index in [1.54, 1.807) is 25.1 Å². The van der Waals surface area contributed by atoms with Crippen molar-refractivity contribution in [2.45, 2.75) is 6.92 Å². The molecule has 0 bridgehead atoms. The maximum absolute atomic E-state index is 12.1. The van der Waals surface area contributed by atoms with Gasteiger partial charge in [-0.25, -0.2) is 4.98 Å². The molecule has 1 aromatic heterocycles. The second-order valence-corrected chi connectivity index (χ2v) is 4.86. The third kappa shape index (κ3) is 3.16. The lowest BCUT2D eigenvalue weighted by atomic mass is 10.2. The predicted octanol–water partition coefficient (Wildman–Crippen LogP) is 3.53. The fourth-order valence-electron chi connectivity index (χ4n) is 1.57. The first-order valence-corrected chi connectivity index (χ1v) is 6.21. The highest BCUT2D eigenvalue weighted by Crippen LogP contribution is 2.22. The lowest BCUT2D eigenvalue weighted by Gasteiger charge is -2.09. The standard InChI is InChI=1S/C13H11Cl2N3O/c1-7-4-9(16)6-17-12(7)18-13(19)10-5-8(14)2-3-11(10)15/h2-6H,16H2,1H3,(H,17,18,19). The van der Waals surface area contributed by atoms with Gasteiger partial charge in [0.1, 0.15) is 5.82 Å². The summed E-state index contributed by atoms with van der Waals surface area (Å²) in [4.78, 5) is 16.2. The Bertz CT molecular complexity index is 644.